The number of halogens is 3. The van der Waals surface area contributed by atoms with Gasteiger partial charge in [0.15, 0.2) is 11.5 Å². The van der Waals surface area contributed by atoms with E-state index in [-0.39, 0.29) is 29.7 Å². The lowest BCUT2D eigenvalue weighted by Crippen LogP contribution is -2.59. The van der Waals surface area contributed by atoms with Crippen LogP contribution in [-0.2, 0) is 9.84 Å². The van der Waals surface area contributed by atoms with Gasteiger partial charge in [-0.25, -0.2) is 0 Å². The van der Waals surface area contributed by atoms with Crippen molar-refractivity contribution in [3.8, 4) is 11.5 Å². The molecule has 0 bridgehead atoms. The minimum absolute atomic E-state index is 0.0929. The lowest BCUT2D eigenvalue weighted by Gasteiger charge is -2.48. The number of carbonyl (C=O) groups excluding carboxylic acids is 1. The fraction of sp³-hybridized carbons (Fsp3) is 0.400. The van der Waals surface area contributed by atoms with E-state index in [4.69, 9.17) is 27.9 Å². The third kappa shape index (κ3) is 4.24. The number of phenols is 1. The van der Waals surface area contributed by atoms with Gasteiger partial charge in [0.2, 0.25) is 0 Å². The van der Waals surface area contributed by atoms with Gasteiger partial charge in [0, 0.05) is 33.4 Å². The van der Waals surface area contributed by atoms with E-state index in [1.807, 2.05) is 19.1 Å². The Morgan fingerprint density at radius 1 is 1.39 bits per heavy atom. The molecule has 2 N–H and O–H groups in total. The van der Waals surface area contributed by atoms with Gasteiger partial charge in [-0.05, 0) is 56.8 Å². The van der Waals surface area contributed by atoms with Crippen LogP contribution in [0.15, 0.2) is 43.0 Å². The molecule has 4 atom stereocenters. The lowest BCUT2D eigenvalue weighted by atomic mass is 9.61. The Hall–Kier alpha value is -1.48. The minimum atomic E-state index is -0.410. The molecule has 4 rings (SSSR count). The Morgan fingerprint density at radius 3 is 2.82 bits per heavy atom. The summed E-state index contributed by atoms with van der Waals surface area (Å²) in [6.45, 7) is 7.81. The molecule has 1 amide bonds. The number of hydrogen-bond donors (Lipinski definition) is 2. The monoisotopic (exact) mass is 600 g/mol. The van der Waals surface area contributed by atoms with Crippen molar-refractivity contribution in [1.29, 1.82) is 0 Å². The van der Waals surface area contributed by atoms with E-state index in [1.54, 1.807) is 24.3 Å². The number of likely N-dealkylation sites (tertiary alicyclic amines) is 1. The molecule has 2 aromatic rings. The number of alkyl halides is 1. The fourth-order valence-electron chi connectivity index (χ4n) is 5.38. The van der Waals surface area contributed by atoms with Gasteiger partial charge in [-0.15, -0.1) is 6.58 Å². The van der Waals surface area contributed by atoms with Crippen molar-refractivity contribution in [3.05, 3.63) is 69.7 Å². The maximum absolute atomic E-state index is 13.1. The van der Waals surface area contributed by atoms with Crippen LogP contribution in [-0.4, -0.2) is 48.2 Å². The second-order valence-electron chi connectivity index (χ2n) is 8.91. The first-order chi connectivity index (χ1) is 15.7. The molecule has 33 heavy (non-hydrogen) atoms. The second kappa shape index (κ2) is 9.64. The van der Waals surface area contributed by atoms with E-state index >= 15 is 0 Å². The van der Waals surface area contributed by atoms with Crippen LogP contribution in [0.5, 0.6) is 11.5 Å². The van der Waals surface area contributed by atoms with Crippen LogP contribution in [0.1, 0.15) is 34.8 Å². The highest BCUT2D eigenvalue weighted by molar-refractivity contribution is 14.1. The van der Waals surface area contributed by atoms with Gasteiger partial charge >= 0.3 is 0 Å². The van der Waals surface area contributed by atoms with Gasteiger partial charge in [-0.3, -0.25) is 4.79 Å². The van der Waals surface area contributed by atoms with Crippen molar-refractivity contribution < 1.29 is 14.6 Å². The average molecular weight is 601 g/mol. The number of phenolic OH excluding ortho intramolecular Hbond substituents is 1. The van der Waals surface area contributed by atoms with Crippen LogP contribution in [0.3, 0.4) is 0 Å². The summed E-state index contributed by atoms with van der Waals surface area (Å²) in [6, 6.07) is 8.16. The molecular formula is C25H27Cl2IN2O3. The Bertz CT molecular complexity index is 1100. The molecule has 0 radical (unpaired) electrons. The molecule has 2 aliphatic rings. The molecule has 5 nitrogen and oxygen atoms in total. The standard InChI is InChI=1S/C25H27Cl2IN2O3/c1-4-17-13-30(3)10-9-25(17)21-16(12-28)6-8-20(31)22(21)33-23(25)14(2)29-24(32)15-5-7-18(26)19(27)11-15/h4-8,11,14,17,23,31H,1,9-10,12-13H2,2-3H3,(H,29,32). The van der Waals surface area contributed by atoms with Crippen molar-refractivity contribution in [3.63, 3.8) is 0 Å². The molecule has 176 valence electrons. The van der Waals surface area contributed by atoms with Gasteiger partial charge in [0.25, 0.3) is 5.91 Å². The van der Waals surface area contributed by atoms with Crippen molar-refractivity contribution in [2.75, 3.05) is 20.1 Å². The number of carbonyl (C=O) groups is 1. The molecular weight excluding hydrogens is 574 g/mol. The van der Waals surface area contributed by atoms with Gasteiger partial charge in [-0.1, -0.05) is 57.9 Å². The number of fused-ring (bicyclic) bond motifs is 2. The van der Waals surface area contributed by atoms with Crippen LogP contribution in [0.25, 0.3) is 0 Å². The van der Waals surface area contributed by atoms with E-state index < -0.39 is 5.41 Å². The zero-order valence-electron chi connectivity index (χ0n) is 18.6. The van der Waals surface area contributed by atoms with Crippen LogP contribution in [0, 0.1) is 5.92 Å². The second-order valence-corrected chi connectivity index (χ2v) is 10.5. The Morgan fingerprint density at radius 2 is 2.15 bits per heavy atom. The van der Waals surface area contributed by atoms with E-state index in [0.29, 0.717) is 21.4 Å². The van der Waals surface area contributed by atoms with E-state index in [9.17, 15) is 9.90 Å². The summed E-state index contributed by atoms with van der Waals surface area (Å²) in [4.78, 5) is 15.4. The molecule has 1 spiro atoms. The van der Waals surface area contributed by atoms with Gasteiger partial charge in [0.1, 0.15) is 6.10 Å². The third-order valence-corrected chi connectivity index (χ3v) is 8.50. The first-order valence-corrected chi connectivity index (χ1v) is 13.2. The summed E-state index contributed by atoms with van der Waals surface area (Å²) in [5.74, 6) is 0.499. The van der Waals surface area contributed by atoms with E-state index in [2.05, 4.69) is 46.4 Å². The zero-order valence-corrected chi connectivity index (χ0v) is 22.2. The fourth-order valence-corrected chi connectivity index (χ4v) is 6.31. The van der Waals surface area contributed by atoms with Gasteiger partial charge in [-0.2, -0.15) is 0 Å². The molecule has 1 saturated heterocycles. The number of nitrogens with zero attached hydrogens (tertiary/aromatic N) is 1. The Balaban J connectivity index is 1.75. The average Bonchev–Trinajstić information content (AvgIpc) is 3.14. The summed E-state index contributed by atoms with van der Waals surface area (Å²) < 4.78 is 7.29. The third-order valence-electron chi connectivity index (χ3n) is 6.94. The quantitative estimate of drug-likeness (QED) is 0.267. The molecule has 2 aromatic carbocycles. The SMILES string of the molecule is C=CC1CN(C)CCC12c1c(CI)ccc(O)c1OC2C(C)NC(=O)c1ccc(Cl)c(Cl)c1. The van der Waals surface area contributed by atoms with E-state index in [0.717, 1.165) is 35.1 Å². The molecule has 8 heteroatoms. The molecule has 4 unspecified atom stereocenters. The first-order valence-electron chi connectivity index (χ1n) is 10.9. The summed E-state index contributed by atoms with van der Waals surface area (Å²) >= 11 is 14.5. The Labute approximate surface area is 218 Å². The van der Waals surface area contributed by atoms with Crippen LogP contribution >= 0.6 is 45.8 Å². The number of aromatic hydroxyl groups is 1. The summed E-state index contributed by atoms with van der Waals surface area (Å²) in [5.41, 5.74) is 2.22. The summed E-state index contributed by atoms with van der Waals surface area (Å²) in [6.07, 6.45) is 2.46. The Kier molecular flexibility index (Phi) is 7.20. The van der Waals surface area contributed by atoms with Gasteiger partial charge in [0.05, 0.1) is 16.1 Å². The van der Waals surface area contributed by atoms with Crippen molar-refractivity contribution in [1.82, 2.24) is 10.2 Å². The minimum Gasteiger partial charge on any atom is -0.504 e. The number of benzene rings is 2. The number of nitrogens with one attached hydrogen (secondary N) is 1. The lowest BCUT2D eigenvalue weighted by molar-refractivity contribution is 0.0330. The zero-order chi connectivity index (χ0) is 23.9. The van der Waals surface area contributed by atoms with Crippen molar-refractivity contribution in [2.24, 2.45) is 5.92 Å². The predicted octanol–water partition coefficient (Wildman–Crippen LogP) is 5.59. The summed E-state index contributed by atoms with van der Waals surface area (Å²) in [7, 11) is 2.10. The van der Waals surface area contributed by atoms with Gasteiger partial charge < -0.3 is 20.1 Å². The number of hydrogen-bond acceptors (Lipinski definition) is 4. The maximum Gasteiger partial charge on any atom is 0.251 e. The first kappa shape index (κ1) is 24.6. The van der Waals surface area contributed by atoms with Crippen LogP contribution in [0.4, 0.5) is 0 Å². The topological polar surface area (TPSA) is 61.8 Å². The highest BCUT2D eigenvalue weighted by Gasteiger charge is 2.58. The summed E-state index contributed by atoms with van der Waals surface area (Å²) in [5, 5.41) is 14.6. The number of ether oxygens (including phenoxy) is 1. The van der Waals surface area contributed by atoms with Crippen LogP contribution < -0.4 is 10.1 Å². The molecule has 0 aliphatic carbocycles. The number of rotatable bonds is 5. The van der Waals surface area contributed by atoms with Crippen LogP contribution in [0.2, 0.25) is 10.0 Å². The van der Waals surface area contributed by atoms with Crippen molar-refractivity contribution >= 4 is 51.7 Å². The molecule has 0 saturated carbocycles. The largest absolute Gasteiger partial charge is 0.504 e. The molecule has 0 aromatic heterocycles. The van der Waals surface area contributed by atoms with Crippen molar-refractivity contribution in [2.45, 2.75) is 35.3 Å². The number of amides is 1. The molecule has 2 aliphatic heterocycles. The maximum atomic E-state index is 13.1. The molecule has 2 heterocycles. The smallest absolute Gasteiger partial charge is 0.251 e. The van der Waals surface area contributed by atoms with E-state index in [1.165, 1.54) is 0 Å². The number of piperidine rings is 1. The highest BCUT2D eigenvalue weighted by atomic mass is 127. The molecule has 1 fully saturated rings. The normalized spacial score (nSPS) is 25.4. The highest BCUT2D eigenvalue weighted by Crippen LogP contribution is 2.57. The predicted molar refractivity (Wildman–Crippen MR) is 141 cm³/mol.